The van der Waals surface area contributed by atoms with Gasteiger partial charge in [0.15, 0.2) is 0 Å². The van der Waals surface area contributed by atoms with Gasteiger partial charge in [-0.2, -0.15) is 5.10 Å². The van der Waals surface area contributed by atoms with Gasteiger partial charge in [-0.1, -0.05) is 0 Å². The molecule has 1 aromatic carbocycles. The molecule has 0 aliphatic heterocycles. The number of aromatic nitrogens is 2. The molecule has 0 fully saturated rings. The van der Waals surface area contributed by atoms with Crippen molar-refractivity contribution >= 4 is 15.9 Å². The second-order valence-electron chi connectivity index (χ2n) is 4.73. The van der Waals surface area contributed by atoms with Gasteiger partial charge in [0.05, 0.1) is 15.9 Å². The number of nitrogens with two attached hydrogens (primary N) is 1. The third-order valence-corrected chi connectivity index (χ3v) is 4.12. The zero-order valence-electron chi connectivity index (χ0n) is 11.7. The summed E-state index contributed by atoms with van der Waals surface area (Å²) in [6, 6.07) is 4.08. The fourth-order valence-corrected chi connectivity index (χ4v) is 2.44. The molecule has 0 aliphatic carbocycles. The summed E-state index contributed by atoms with van der Waals surface area (Å²) >= 11 is 3.49. The molecule has 2 aromatic rings. The molecule has 0 amide bonds. The summed E-state index contributed by atoms with van der Waals surface area (Å²) in [4.78, 5) is 0. The van der Waals surface area contributed by atoms with E-state index in [1.807, 2.05) is 14.0 Å². The lowest BCUT2D eigenvalue weighted by Gasteiger charge is -2.14. The van der Waals surface area contributed by atoms with E-state index < -0.39 is 0 Å². The number of hydrogen-bond donors (Lipinski definition) is 1. The van der Waals surface area contributed by atoms with Gasteiger partial charge in [-0.15, -0.1) is 0 Å². The first-order valence-corrected chi connectivity index (χ1v) is 7.05. The molecule has 1 heterocycles. The van der Waals surface area contributed by atoms with Crippen molar-refractivity contribution in [1.29, 1.82) is 0 Å². The van der Waals surface area contributed by atoms with Gasteiger partial charge in [-0.05, 0) is 48.0 Å². The molecular formula is C14H17BrFN3O. The molecule has 1 aromatic heterocycles. The topological polar surface area (TPSA) is 53.1 Å². The van der Waals surface area contributed by atoms with Crippen LogP contribution in [0.5, 0.6) is 5.75 Å². The van der Waals surface area contributed by atoms with Crippen molar-refractivity contribution in [3.05, 3.63) is 45.4 Å². The average molecular weight is 342 g/mol. The number of benzene rings is 1. The van der Waals surface area contributed by atoms with E-state index in [9.17, 15) is 4.39 Å². The molecule has 0 aliphatic rings. The van der Waals surface area contributed by atoms with Crippen LogP contribution in [0.4, 0.5) is 4.39 Å². The highest BCUT2D eigenvalue weighted by atomic mass is 79.9. The maximum absolute atomic E-state index is 13.3. The maximum atomic E-state index is 13.3. The zero-order chi connectivity index (χ0) is 14.9. The van der Waals surface area contributed by atoms with E-state index in [4.69, 9.17) is 10.5 Å². The molecular weight excluding hydrogens is 325 g/mol. The van der Waals surface area contributed by atoms with Crippen LogP contribution in [0.1, 0.15) is 29.9 Å². The molecule has 2 N–H and O–H groups in total. The van der Waals surface area contributed by atoms with E-state index in [0.29, 0.717) is 17.9 Å². The third kappa shape index (κ3) is 3.02. The molecule has 0 radical (unpaired) electrons. The number of rotatable bonds is 4. The second kappa shape index (κ2) is 5.93. The molecule has 20 heavy (non-hydrogen) atoms. The van der Waals surface area contributed by atoms with E-state index in [2.05, 4.69) is 21.0 Å². The highest BCUT2D eigenvalue weighted by Gasteiger charge is 2.14. The van der Waals surface area contributed by atoms with Crippen LogP contribution in [0.2, 0.25) is 0 Å². The van der Waals surface area contributed by atoms with Gasteiger partial charge in [-0.3, -0.25) is 4.68 Å². The Morgan fingerprint density at radius 1 is 1.50 bits per heavy atom. The summed E-state index contributed by atoms with van der Waals surface area (Å²) < 4.78 is 21.7. The Balaban J connectivity index is 2.23. The molecule has 4 nitrogen and oxygen atoms in total. The standard InChI is InChI=1S/C14H17BrFN3O/c1-8(17)11-6-10(16)4-5-13(11)20-7-12-14(15)9(2)18-19(12)3/h4-6,8H,7,17H2,1-3H3/t8-/m1/s1. The first-order chi connectivity index (χ1) is 9.40. The van der Waals surface area contributed by atoms with Gasteiger partial charge < -0.3 is 10.5 Å². The Kier molecular flexibility index (Phi) is 4.45. The number of ether oxygens (including phenoxy) is 1. The molecule has 0 spiro atoms. The van der Waals surface area contributed by atoms with Gasteiger partial charge in [0.1, 0.15) is 18.2 Å². The summed E-state index contributed by atoms with van der Waals surface area (Å²) in [6.07, 6.45) is 0. The van der Waals surface area contributed by atoms with E-state index in [0.717, 1.165) is 15.9 Å². The monoisotopic (exact) mass is 341 g/mol. The Labute approximate surface area is 125 Å². The number of aryl methyl sites for hydroxylation is 2. The molecule has 2 rings (SSSR count). The lowest BCUT2D eigenvalue weighted by molar-refractivity contribution is 0.289. The van der Waals surface area contributed by atoms with Crippen molar-refractivity contribution in [3.63, 3.8) is 0 Å². The van der Waals surface area contributed by atoms with E-state index in [-0.39, 0.29) is 11.9 Å². The normalized spacial score (nSPS) is 12.5. The Morgan fingerprint density at radius 2 is 2.20 bits per heavy atom. The summed E-state index contributed by atoms with van der Waals surface area (Å²) in [5.41, 5.74) is 8.32. The van der Waals surface area contributed by atoms with Crippen LogP contribution >= 0.6 is 15.9 Å². The largest absolute Gasteiger partial charge is 0.487 e. The molecule has 0 bridgehead atoms. The zero-order valence-corrected chi connectivity index (χ0v) is 13.2. The Bertz CT molecular complexity index is 625. The van der Waals surface area contributed by atoms with Crippen LogP contribution in [-0.4, -0.2) is 9.78 Å². The van der Waals surface area contributed by atoms with E-state index in [1.165, 1.54) is 12.1 Å². The summed E-state index contributed by atoms with van der Waals surface area (Å²) in [5.74, 6) is 0.273. The number of hydrogen-bond acceptors (Lipinski definition) is 3. The van der Waals surface area contributed by atoms with Crippen molar-refractivity contribution in [3.8, 4) is 5.75 Å². The fourth-order valence-electron chi connectivity index (χ4n) is 1.99. The summed E-state index contributed by atoms with van der Waals surface area (Å²) in [5, 5.41) is 4.30. The molecule has 0 saturated heterocycles. The van der Waals surface area contributed by atoms with Crippen LogP contribution < -0.4 is 10.5 Å². The highest BCUT2D eigenvalue weighted by molar-refractivity contribution is 9.10. The minimum atomic E-state index is -0.317. The first-order valence-electron chi connectivity index (χ1n) is 6.26. The minimum absolute atomic E-state index is 0.294. The van der Waals surface area contributed by atoms with Gasteiger partial charge in [0.2, 0.25) is 0 Å². The van der Waals surface area contributed by atoms with Crippen LogP contribution in [-0.2, 0) is 13.7 Å². The minimum Gasteiger partial charge on any atom is -0.487 e. The summed E-state index contributed by atoms with van der Waals surface area (Å²) in [7, 11) is 1.85. The predicted molar refractivity (Wildman–Crippen MR) is 79.0 cm³/mol. The van der Waals surface area contributed by atoms with Crippen molar-refractivity contribution in [2.45, 2.75) is 26.5 Å². The van der Waals surface area contributed by atoms with Gasteiger partial charge in [0.25, 0.3) is 0 Å². The first kappa shape index (κ1) is 15.0. The Hall–Kier alpha value is -1.40. The van der Waals surface area contributed by atoms with Gasteiger partial charge >= 0.3 is 0 Å². The van der Waals surface area contributed by atoms with Crippen molar-refractivity contribution in [2.75, 3.05) is 0 Å². The molecule has 0 saturated carbocycles. The maximum Gasteiger partial charge on any atom is 0.131 e. The average Bonchev–Trinajstić information content (AvgIpc) is 2.62. The second-order valence-corrected chi connectivity index (χ2v) is 5.52. The predicted octanol–water partition coefficient (Wildman–Crippen LogP) is 3.23. The van der Waals surface area contributed by atoms with Gasteiger partial charge in [0, 0.05) is 18.7 Å². The fraction of sp³-hybridized carbons (Fsp3) is 0.357. The van der Waals surface area contributed by atoms with Crippen LogP contribution in [0.25, 0.3) is 0 Å². The van der Waals surface area contributed by atoms with E-state index in [1.54, 1.807) is 17.7 Å². The molecule has 6 heteroatoms. The van der Waals surface area contributed by atoms with Crippen molar-refractivity contribution in [1.82, 2.24) is 9.78 Å². The Morgan fingerprint density at radius 3 is 2.75 bits per heavy atom. The SMILES string of the molecule is Cc1nn(C)c(COc2ccc(F)cc2[C@@H](C)N)c1Br. The third-order valence-electron chi connectivity index (χ3n) is 3.09. The summed E-state index contributed by atoms with van der Waals surface area (Å²) in [6.45, 7) is 4.05. The molecule has 1 atom stereocenters. The van der Waals surface area contributed by atoms with Gasteiger partial charge in [-0.25, -0.2) is 4.39 Å². The van der Waals surface area contributed by atoms with Crippen LogP contribution in [0.3, 0.4) is 0 Å². The van der Waals surface area contributed by atoms with Crippen molar-refractivity contribution in [2.24, 2.45) is 12.8 Å². The lowest BCUT2D eigenvalue weighted by atomic mass is 10.1. The van der Waals surface area contributed by atoms with Crippen molar-refractivity contribution < 1.29 is 9.13 Å². The van der Waals surface area contributed by atoms with E-state index >= 15 is 0 Å². The number of halogens is 2. The smallest absolute Gasteiger partial charge is 0.131 e. The van der Waals surface area contributed by atoms with Crippen LogP contribution in [0, 0.1) is 12.7 Å². The van der Waals surface area contributed by atoms with Crippen LogP contribution in [0.15, 0.2) is 22.7 Å². The number of nitrogens with zero attached hydrogens (tertiary/aromatic N) is 2. The molecule has 0 unspecified atom stereocenters. The lowest BCUT2D eigenvalue weighted by Crippen LogP contribution is -2.10. The quantitative estimate of drug-likeness (QED) is 0.928. The molecule has 108 valence electrons. The highest BCUT2D eigenvalue weighted by Crippen LogP contribution is 2.27.